The second-order valence-corrected chi connectivity index (χ2v) is 4.72. The van der Waals surface area contributed by atoms with E-state index in [1.165, 1.54) is 0 Å². The number of hydrogen-bond acceptors (Lipinski definition) is 5. The number of rotatable bonds is 8. The van der Waals surface area contributed by atoms with Gasteiger partial charge in [0.05, 0.1) is 0 Å². The van der Waals surface area contributed by atoms with E-state index in [4.69, 9.17) is 5.73 Å². The molecule has 0 amide bonds. The monoisotopic (exact) mass is 251 g/mol. The third kappa shape index (κ3) is 4.98. The highest BCUT2D eigenvalue weighted by molar-refractivity contribution is 5.29. The number of anilines is 1. The summed E-state index contributed by atoms with van der Waals surface area (Å²) >= 11 is 0. The van der Waals surface area contributed by atoms with Crippen molar-refractivity contribution in [3.8, 4) is 0 Å². The van der Waals surface area contributed by atoms with Gasteiger partial charge in [0.1, 0.15) is 0 Å². The summed E-state index contributed by atoms with van der Waals surface area (Å²) in [5.74, 6) is 0.819. The van der Waals surface area contributed by atoms with Gasteiger partial charge in [0, 0.05) is 32.0 Å². The van der Waals surface area contributed by atoms with Gasteiger partial charge in [-0.3, -0.25) is 0 Å². The van der Waals surface area contributed by atoms with Crippen LogP contribution in [0.4, 0.5) is 5.95 Å². The van der Waals surface area contributed by atoms with Crippen molar-refractivity contribution in [2.24, 2.45) is 5.73 Å². The minimum absolute atomic E-state index is 0.641. The Morgan fingerprint density at radius 1 is 1.11 bits per heavy atom. The molecular weight excluding hydrogens is 226 g/mol. The van der Waals surface area contributed by atoms with Gasteiger partial charge in [-0.2, -0.15) is 0 Å². The van der Waals surface area contributed by atoms with Gasteiger partial charge in [-0.05, 0) is 39.0 Å². The summed E-state index contributed by atoms with van der Waals surface area (Å²) < 4.78 is 0. The molecule has 18 heavy (non-hydrogen) atoms. The molecule has 0 aliphatic heterocycles. The average Bonchev–Trinajstić information content (AvgIpc) is 2.36. The Hall–Kier alpha value is -1.20. The summed E-state index contributed by atoms with van der Waals surface area (Å²) in [7, 11) is 4.16. The van der Waals surface area contributed by atoms with Crippen LogP contribution in [0.5, 0.6) is 0 Å². The fourth-order valence-electron chi connectivity index (χ4n) is 1.71. The molecule has 0 fully saturated rings. The van der Waals surface area contributed by atoms with E-state index >= 15 is 0 Å². The van der Waals surface area contributed by atoms with Gasteiger partial charge in [0.15, 0.2) is 0 Å². The molecule has 0 aromatic carbocycles. The molecule has 5 nitrogen and oxygen atoms in total. The van der Waals surface area contributed by atoms with Crippen molar-refractivity contribution in [3.63, 3.8) is 0 Å². The van der Waals surface area contributed by atoms with Crippen molar-refractivity contribution >= 4 is 5.95 Å². The van der Waals surface area contributed by atoms with E-state index in [-0.39, 0.29) is 0 Å². The van der Waals surface area contributed by atoms with E-state index in [2.05, 4.69) is 40.8 Å². The lowest BCUT2D eigenvalue weighted by Crippen LogP contribution is -2.33. The zero-order valence-electron chi connectivity index (χ0n) is 11.8. The van der Waals surface area contributed by atoms with Crippen LogP contribution in [0.1, 0.15) is 18.9 Å². The second-order valence-electron chi connectivity index (χ2n) is 4.72. The highest BCUT2D eigenvalue weighted by Crippen LogP contribution is 2.08. The van der Waals surface area contributed by atoms with Crippen LogP contribution in [-0.2, 0) is 6.42 Å². The molecular formula is C13H25N5. The largest absolute Gasteiger partial charge is 0.340 e. The lowest BCUT2D eigenvalue weighted by Gasteiger charge is -2.23. The van der Waals surface area contributed by atoms with E-state index in [0.29, 0.717) is 6.54 Å². The van der Waals surface area contributed by atoms with Gasteiger partial charge in [0.25, 0.3) is 0 Å². The van der Waals surface area contributed by atoms with Crippen molar-refractivity contribution < 1.29 is 0 Å². The van der Waals surface area contributed by atoms with Gasteiger partial charge in [-0.25, -0.2) is 9.97 Å². The number of nitrogens with two attached hydrogens (primary N) is 1. The van der Waals surface area contributed by atoms with Crippen LogP contribution in [0.15, 0.2) is 12.4 Å². The third-order valence-corrected chi connectivity index (χ3v) is 2.72. The third-order valence-electron chi connectivity index (χ3n) is 2.72. The predicted molar refractivity (Wildman–Crippen MR) is 75.8 cm³/mol. The summed E-state index contributed by atoms with van der Waals surface area (Å²) in [6.07, 6.45) is 5.70. The van der Waals surface area contributed by atoms with Gasteiger partial charge in [-0.15, -0.1) is 0 Å². The summed E-state index contributed by atoms with van der Waals surface area (Å²) in [6.45, 7) is 5.77. The molecule has 0 atom stereocenters. The van der Waals surface area contributed by atoms with Crippen LogP contribution in [0.3, 0.4) is 0 Å². The zero-order valence-corrected chi connectivity index (χ0v) is 11.8. The quantitative estimate of drug-likeness (QED) is 0.739. The summed E-state index contributed by atoms with van der Waals surface area (Å²) in [5.41, 5.74) is 6.62. The summed E-state index contributed by atoms with van der Waals surface area (Å²) in [4.78, 5) is 13.3. The highest BCUT2D eigenvalue weighted by atomic mass is 15.3. The van der Waals surface area contributed by atoms with Crippen molar-refractivity contribution in [1.82, 2.24) is 14.9 Å². The van der Waals surface area contributed by atoms with Crippen molar-refractivity contribution in [1.29, 1.82) is 0 Å². The lowest BCUT2D eigenvalue weighted by atomic mass is 10.2. The topological polar surface area (TPSA) is 58.3 Å². The maximum Gasteiger partial charge on any atom is 0.225 e. The molecule has 102 valence electrons. The molecule has 1 heterocycles. The van der Waals surface area contributed by atoms with E-state index in [1.807, 2.05) is 12.4 Å². The maximum absolute atomic E-state index is 5.52. The zero-order chi connectivity index (χ0) is 13.4. The molecule has 0 bridgehead atoms. The van der Waals surface area contributed by atoms with Gasteiger partial charge in [-0.1, -0.05) is 6.92 Å². The van der Waals surface area contributed by atoms with Crippen LogP contribution in [0.2, 0.25) is 0 Å². The van der Waals surface area contributed by atoms with Crippen molar-refractivity contribution in [2.45, 2.75) is 19.8 Å². The minimum Gasteiger partial charge on any atom is -0.340 e. The number of aromatic nitrogens is 2. The normalized spacial score (nSPS) is 10.9. The molecule has 1 aromatic heterocycles. The average molecular weight is 251 g/mol. The maximum atomic E-state index is 5.52. The Labute approximate surface area is 110 Å². The fraction of sp³-hybridized carbons (Fsp3) is 0.692. The number of nitrogens with zero attached hydrogens (tertiary/aromatic N) is 4. The van der Waals surface area contributed by atoms with Crippen LogP contribution >= 0.6 is 0 Å². The number of likely N-dealkylation sites (N-methyl/N-ethyl adjacent to an activating group) is 1. The van der Waals surface area contributed by atoms with E-state index in [9.17, 15) is 0 Å². The summed E-state index contributed by atoms with van der Waals surface area (Å²) in [5, 5.41) is 0. The van der Waals surface area contributed by atoms with E-state index in [1.54, 1.807) is 0 Å². The molecule has 1 aromatic rings. The standard InChI is InChI=1S/C13H25N5/c1-4-7-18(9-8-17(2)3)13-15-10-12(5-6-14)11-16-13/h10-11H,4-9,14H2,1-3H3. The lowest BCUT2D eigenvalue weighted by molar-refractivity contribution is 0.411. The molecule has 0 saturated heterocycles. The van der Waals surface area contributed by atoms with Crippen molar-refractivity contribution in [2.75, 3.05) is 45.2 Å². The van der Waals surface area contributed by atoms with Gasteiger partial charge in [0.2, 0.25) is 5.95 Å². The molecule has 0 saturated carbocycles. The predicted octanol–water partition coefficient (Wildman–Crippen LogP) is 0.756. The Bertz CT molecular complexity index is 323. The highest BCUT2D eigenvalue weighted by Gasteiger charge is 2.08. The number of hydrogen-bond donors (Lipinski definition) is 1. The van der Waals surface area contributed by atoms with Crippen LogP contribution in [0.25, 0.3) is 0 Å². The first kappa shape index (κ1) is 14.9. The molecule has 0 aliphatic rings. The van der Waals surface area contributed by atoms with Gasteiger partial charge < -0.3 is 15.5 Å². The van der Waals surface area contributed by atoms with Crippen LogP contribution in [-0.4, -0.2) is 55.1 Å². The first-order valence-electron chi connectivity index (χ1n) is 6.58. The Morgan fingerprint density at radius 2 is 1.78 bits per heavy atom. The Balaban J connectivity index is 2.65. The molecule has 0 radical (unpaired) electrons. The SMILES string of the molecule is CCCN(CCN(C)C)c1ncc(CCN)cn1. The molecule has 0 aliphatic carbocycles. The van der Waals surface area contributed by atoms with Crippen LogP contribution < -0.4 is 10.6 Å². The smallest absolute Gasteiger partial charge is 0.225 e. The van der Waals surface area contributed by atoms with E-state index < -0.39 is 0 Å². The molecule has 5 heteroatoms. The fourth-order valence-corrected chi connectivity index (χ4v) is 1.71. The van der Waals surface area contributed by atoms with E-state index in [0.717, 1.165) is 44.0 Å². The summed E-state index contributed by atoms with van der Waals surface area (Å²) in [6, 6.07) is 0. The minimum atomic E-state index is 0.641. The first-order chi connectivity index (χ1) is 8.67. The Kier molecular flexibility index (Phi) is 6.60. The molecule has 0 unspecified atom stereocenters. The molecule has 0 spiro atoms. The first-order valence-corrected chi connectivity index (χ1v) is 6.58. The van der Waals surface area contributed by atoms with Crippen LogP contribution in [0, 0.1) is 0 Å². The molecule has 2 N–H and O–H groups in total. The Morgan fingerprint density at radius 3 is 2.28 bits per heavy atom. The second kappa shape index (κ2) is 8.00. The molecule has 1 rings (SSSR count). The van der Waals surface area contributed by atoms with Crippen molar-refractivity contribution in [3.05, 3.63) is 18.0 Å². The van der Waals surface area contributed by atoms with Gasteiger partial charge >= 0.3 is 0 Å².